The molecular weight excluding hydrogens is 272 g/mol. The second-order valence-electron chi connectivity index (χ2n) is 3.94. The average molecular weight is 284 g/mol. The molecule has 0 aliphatic rings. The maximum atomic E-state index is 13.3. The Morgan fingerprint density at radius 3 is 2.50 bits per heavy atom. The molecule has 0 aliphatic carbocycles. The topological polar surface area (TPSA) is 12.0 Å². The van der Waals surface area contributed by atoms with Gasteiger partial charge < -0.3 is 5.32 Å². The molecule has 1 atom stereocenters. The lowest BCUT2D eigenvalue weighted by molar-refractivity contribution is 0.617. The fourth-order valence-electron chi connectivity index (χ4n) is 1.92. The molecule has 1 unspecified atom stereocenters. The highest BCUT2D eigenvalue weighted by Crippen LogP contribution is 2.30. The van der Waals surface area contributed by atoms with Gasteiger partial charge in [-0.25, -0.2) is 4.39 Å². The Morgan fingerprint density at radius 1 is 1.11 bits per heavy atom. The Labute approximate surface area is 116 Å². The van der Waals surface area contributed by atoms with E-state index < -0.39 is 0 Å². The Bertz CT molecular complexity index is 557. The summed E-state index contributed by atoms with van der Waals surface area (Å²) in [5.74, 6) is -0.266. The predicted molar refractivity (Wildman–Crippen MR) is 73.8 cm³/mol. The van der Waals surface area contributed by atoms with Crippen LogP contribution in [0.2, 0.25) is 10.0 Å². The van der Waals surface area contributed by atoms with Gasteiger partial charge in [0.1, 0.15) is 5.82 Å². The number of halogens is 3. The molecule has 94 valence electrons. The smallest absolute Gasteiger partial charge is 0.123 e. The SMILES string of the molecule is CNC(c1cccc(F)c1)c1ccc(Cl)cc1Cl. The van der Waals surface area contributed by atoms with E-state index in [0.29, 0.717) is 10.0 Å². The summed E-state index contributed by atoms with van der Waals surface area (Å²) >= 11 is 12.0. The van der Waals surface area contributed by atoms with E-state index in [1.165, 1.54) is 12.1 Å². The van der Waals surface area contributed by atoms with Gasteiger partial charge in [-0.15, -0.1) is 0 Å². The number of hydrogen-bond acceptors (Lipinski definition) is 1. The summed E-state index contributed by atoms with van der Waals surface area (Å²) in [4.78, 5) is 0. The van der Waals surface area contributed by atoms with E-state index in [4.69, 9.17) is 23.2 Å². The molecule has 0 radical (unpaired) electrons. The van der Waals surface area contributed by atoms with E-state index in [0.717, 1.165) is 11.1 Å². The second-order valence-corrected chi connectivity index (χ2v) is 4.79. The van der Waals surface area contributed by atoms with Crippen LogP contribution < -0.4 is 5.32 Å². The average Bonchev–Trinajstić information content (AvgIpc) is 2.33. The van der Waals surface area contributed by atoms with Gasteiger partial charge in [-0.05, 0) is 42.4 Å². The molecule has 2 rings (SSSR count). The van der Waals surface area contributed by atoms with Crippen LogP contribution in [0, 0.1) is 5.82 Å². The van der Waals surface area contributed by atoms with Crippen LogP contribution in [0.4, 0.5) is 4.39 Å². The molecule has 0 aromatic heterocycles. The first-order valence-corrected chi connectivity index (χ1v) is 6.25. The van der Waals surface area contributed by atoms with Gasteiger partial charge in [0.25, 0.3) is 0 Å². The molecule has 0 heterocycles. The Hall–Kier alpha value is -1.09. The van der Waals surface area contributed by atoms with Crippen LogP contribution in [0.15, 0.2) is 42.5 Å². The Balaban J connectivity index is 2.45. The van der Waals surface area contributed by atoms with Gasteiger partial charge in [0.05, 0.1) is 6.04 Å². The molecular formula is C14H12Cl2FN. The molecule has 1 N–H and O–H groups in total. The third kappa shape index (κ3) is 2.83. The lowest BCUT2D eigenvalue weighted by Crippen LogP contribution is -2.18. The van der Waals surface area contributed by atoms with E-state index >= 15 is 0 Å². The summed E-state index contributed by atoms with van der Waals surface area (Å²) in [6, 6.07) is 11.6. The van der Waals surface area contributed by atoms with Crippen LogP contribution in [0.1, 0.15) is 17.2 Å². The highest BCUT2D eigenvalue weighted by Gasteiger charge is 2.15. The summed E-state index contributed by atoms with van der Waals surface area (Å²) in [6.07, 6.45) is 0. The van der Waals surface area contributed by atoms with Crippen molar-refractivity contribution in [1.82, 2.24) is 5.32 Å². The third-order valence-electron chi connectivity index (χ3n) is 2.74. The molecule has 0 saturated heterocycles. The summed E-state index contributed by atoms with van der Waals surface area (Å²) < 4.78 is 13.3. The van der Waals surface area contributed by atoms with E-state index in [1.807, 2.05) is 12.1 Å². The van der Waals surface area contributed by atoms with Crippen LogP contribution in [0.25, 0.3) is 0 Å². The minimum atomic E-state index is -0.266. The summed E-state index contributed by atoms with van der Waals surface area (Å²) in [5, 5.41) is 4.27. The van der Waals surface area contributed by atoms with E-state index in [1.54, 1.807) is 25.2 Å². The van der Waals surface area contributed by atoms with E-state index in [9.17, 15) is 4.39 Å². The summed E-state index contributed by atoms with van der Waals surface area (Å²) in [5.41, 5.74) is 1.69. The van der Waals surface area contributed by atoms with Crippen molar-refractivity contribution in [3.63, 3.8) is 0 Å². The quantitative estimate of drug-likeness (QED) is 0.878. The van der Waals surface area contributed by atoms with Crippen molar-refractivity contribution in [2.45, 2.75) is 6.04 Å². The van der Waals surface area contributed by atoms with E-state index in [2.05, 4.69) is 5.32 Å². The minimum absolute atomic E-state index is 0.162. The molecule has 0 bridgehead atoms. The highest BCUT2D eigenvalue weighted by molar-refractivity contribution is 6.35. The zero-order valence-electron chi connectivity index (χ0n) is 9.75. The first-order valence-electron chi connectivity index (χ1n) is 5.49. The molecule has 0 fully saturated rings. The van der Waals surface area contributed by atoms with Crippen molar-refractivity contribution in [2.75, 3.05) is 7.05 Å². The fourth-order valence-corrected chi connectivity index (χ4v) is 2.44. The highest BCUT2D eigenvalue weighted by atomic mass is 35.5. The molecule has 0 amide bonds. The van der Waals surface area contributed by atoms with Crippen molar-refractivity contribution in [3.8, 4) is 0 Å². The maximum absolute atomic E-state index is 13.3. The van der Waals surface area contributed by atoms with Crippen LogP contribution in [-0.2, 0) is 0 Å². The molecule has 0 saturated carbocycles. The first-order chi connectivity index (χ1) is 8.61. The first kappa shape index (κ1) is 13.3. The normalized spacial score (nSPS) is 12.4. The van der Waals surface area contributed by atoms with Crippen LogP contribution in [0.5, 0.6) is 0 Å². The Kier molecular flexibility index (Phi) is 4.23. The van der Waals surface area contributed by atoms with Crippen LogP contribution in [0.3, 0.4) is 0 Å². The molecule has 0 spiro atoms. The van der Waals surface area contributed by atoms with Crippen LogP contribution in [-0.4, -0.2) is 7.05 Å². The summed E-state index contributed by atoms with van der Waals surface area (Å²) in [6.45, 7) is 0. The van der Waals surface area contributed by atoms with Crippen molar-refractivity contribution in [2.24, 2.45) is 0 Å². The molecule has 4 heteroatoms. The second kappa shape index (κ2) is 5.70. The van der Waals surface area contributed by atoms with Crippen molar-refractivity contribution in [1.29, 1.82) is 0 Å². The zero-order valence-corrected chi connectivity index (χ0v) is 11.3. The van der Waals surface area contributed by atoms with E-state index in [-0.39, 0.29) is 11.9 Å². The number of hydrogen-bond donors (Lipinski definition) is 1. The van der Waals surface area contributed by atoms with Crippen molar-refractivity contribution >= 4 is 23.2 Å². The third-order valence-corrected chi connectivity index (χ3v) is 3.31. The largest absolute Gasteiger partial charge is 0.309 e. The zero-order chi connectivity index (χ0) is 13.1. The number of nitrogens with one attached hydrogen (secondary N) is 1. The standard InChI is InChI=1S/C14H12Cl2FN/c1-18-14(9-3-2-4-11(17)7-9)12-6-5-10(15)8-13(12)16/h2-8,14,18H,1H3. The monoisotopic (exact) mass is 283 g/mol. The summed E-state index contributed by atoms with van der Waals surface area (Å²) in [7, 11) is 1.81. The minimum Gasteiger partial charge on any atom is -0.309 e. The van der Waals surface area contributed by atoms with Gasteiger partial charge in [0.2, 0.25) is 0 Å². The molecule has 18 heavy (non-hydrogen) atoms. The van der Waals surface area contributed by atoms with Crippen molar-refractivity contribution in [3.05, 3.63) is 69.5 Å². The van der Waals surface area contributed by atoms with Crippen LogP contribution >= 0.6 is 23.2 Å². The van der Waals surface area contributed by atoms with Gasteiger partial charge in [-0.3, -0.25) is 0 Å². The number of rotatable bonds is 3. The van der Waals surface area contributed by atoms with Gasteiger partial charge in [-0.1, -0.05) is 41.4 Å². The van der Waals surface area contributed by atoms with Gasteiger partial charge in [-0.2, -0.15) is 0 Å². The molecule has 0 aliphatic heterocycles. The fraction of sp³-hybridized carbons (Fsp3) is 0.143. The van der Waals surface area contributed by atoms with Crippen molar-refractivity contribution < 1.29 is 4.39 Å². The van der Waals surface area contributed by atoms with Gasteiger partial charge in [0.15, 0.2) is 0 Å². The molecule has 1 nitrogen and oxygen atoms in total. The predicted octanol–water partition coefficient (Wildman–Crippen LogP) is 4.44. The van der Waals surface area contributed by atoms with Gasteiger partial charge >= 0.3 is 0 Å². The molecule has 2 aromatic carbocycles. The maximum Gasteiger partial charge on any atom is 0.123 e. The lowest BCUT2D eigenvalue weighted by atomic mass is 9.99. The lowest BCUT2D eigenvalue weighted by Gasteiger charge is -2.18. The van der Waals surface area contributed by atoms with Gasteiger partial charge in [0, 0.05) is 10.0 Å². The Morgan fingerprint density at radius 2 is 1.89 bits per heavy atom. The number of benzene rings is 2. The molecule has 2 aromatic rings.